The molecule has 1 fully saturated rings. The number of hydrogen-bond donors (Lipinski definition) is 0. The third kappa shape index (κ3) is 3.10. The van der Waals surface area contributed by atoms with Crippen LogP contribution in [0.25, 0.3) is 0 Å². The maximum atomic E-state index is 5.52. The highest BCUT2D eigenvalue weighted by Crippen LogP contribution is 2.33. The Balaban J connectivity index is 1.72. The number of nitrogens with zero attached hydrogens (tertiary/aromatic N) is 3. The number of aryl methyl sites for hydroxylation is 1. The Hall–Kier alpha value is -1.81. The molecule has 21 heavy (non-hydrogen) atoms. The minimum atomic E-state index is 0.498. The maximum Gasteiger partial charge on any atom is 0.122 e. The van der Waals surface area contributed by atoms with Gasteiger partial charge in [-0.25, -0.2) is 4.98 Å². The second-order valence-electron chi connectivity index (χ2n) is 5.58. The van der Waals surface area contributed by atoms with Crippen LogP contribution < -0.4 is 4.74 Å². The van der Waals surface area contributed by atoms with Crippen LogP contribution in [0.15, 0.2) is 36.7 Å². The Morgan fingerprint density at radius 3 is 2.76 bits per heavy atom. The highest BCUT2D eigenvalue weighted by atomic mass is 16.5. The highest BCUT2D eigenvalue weighted by molar-refractivity contribution is 5.29. The summed E-state index contributed by atoms with van der Waals surface area (Å²) >= 11 is 0. The number of aromatic nitrogens is 2. The summed E-state index contributed by atoms with van der Waals surface area (Å²) in [4.78, 5) is 6.97. The molecule has 1 atom stereocenters. The molecule has 1 saturated heterocycles. The average Bonchev–Trinajstić information content (AvgIpc) is 3.11. The summed E-state index contributed by atoms with van der Waals surface area (Å²) in [5.41, 5.74) is 1.38. The van der Waals surface area contributed by atoms with Crippen molar-refractivity contribution in [2.45, 2.75) is 32.4 Å². The van der Waals surface area contributed by atoms with E-state index in [-0.39, 0.29) is 0 Å². The van der Waals surface area contributed by atoms with Gasteiger partial charge in [0.05, 0.1) is 13.2 Å². The van der Waals surface area contributed by atoms with Gasteiger partial charge in [0.25, 0.3) is 0 Å². The molecule has 1 aliphatic heterocycles. The number of rotatable bonds is 5. The minimum Gasteiger partial charge on any atom is -0.494 e. The van der Waals surface area contributed by atoms with E-state index in [0.717, 1.165) is 24.7 Å². The van der Waals surface area contributed by atoms with E-state index in [9.17, 15) is 0 Å². The molecule has 0 radical (unpaired) electrons. The van der Waals surface area contributed by atoms with Crippen molar-refractivity contribution in [1.82, 2.24) is 14.5 Å². The maximum absolute atomic E-state index is 5.52. The summed E-state index contributed by atoms with van der Waals surface area (Å²) in [6.45, 7) is 4.79. The molecule has 0 bridgehead atoms. The number of hydrogen-bond acceptors (Lipinski definition) is 3. The van der Waals surface area contributed by atoms with Crippen molar-refractivity contribution in [3.63, 3.8) is 0 Å². The zero-order valence-electron chi connectivity index (χ0n) is 12.8. The zero-order valence-corrected chi connectivity index (χ0v) is 12.8. The number of imidazole rings is 1. The van der Waals surface area contributed by atoms with Gasteiger partial charge in [-0.2, -0.15) is 0 Å². The van der Waals surface area contributed by atoms with Gasteiger partial charge in [-0.1, -0.05) is 12.1 Å². The normalized spacial score (nSPS) is 19.0. The van der Waals surface area contributed by atoms with Crippen molar-refractivity contribution in [3.8, 4) is 5.75 Å². The van der Waals surface area contributed by atoms with Gasteiger partial charge in [0, 0.05) is 25.5 Å². The van der Waals surface area contributed by atoms with Crippen LogP contribution in [-0.2, 0) is 13.6 Å². The predicted octanol–water partition coefficient (Wildman–Crippen LogP) is 3.16. The molecule has 3 rings (SSSR count). The first-order valence-electron chi connectivity index (χ1n) is 7.71. The fourth-order valence-electron chi connectivity index (χ4n) is 3.08. The average molecular weight is 285 g/mol. The number of benzene rings is 1. The molecule has 2 heterocycles. The molecule has 0 amide bonds. The van der Waals surface area contributed by atoms with Gasteiger partial charge in [0.1, 0.15) is 11.6 Å². The summed E-state index contributed by atoms with van der Waals surface area (Å²) in [5.74, 6) is 2.09. The Kier molecular flexibility index (Phi) is 4.25. The van der Waals surface area contributed by atoms with Crippen molar-refractivity contribution >= 4 is 0 Å². The molecule has 0 N–H and O–H groups in total. The van der Waals surface area contributed by atoms with E-state index in [2.05, 4.69) is 45.8 Å². The second kappa shape index (κ2) is 6.31. The molecule has 0 saturated carbocycles. The van der Waals surface area contributed by atoms with E-state index in [4.69, 9.17) is 4.74 Å². The second-order valence-corrected chi connectivity index (χ2v) is 5.58. The zero-order chi connectivity index (χ0) is 14.7. The van der Waals surface area contributed by atoms with Gasteiger partial charge >= 0.3 is 0 Å². The van der Waals surface area contributed by atoms with Gasteiger partial charge in [0.2, 0.25) is 0 Å². The Morgan fingerprint density at radius 2 is 2.10 bits per heavy atom. The first-order valence-corrected chi connectivity index (χ1v) is 7.71. The molecule has 0 aliphatic carbocycles. The van der Waals surface area contributed by atoms with Crippen molar-refractivity contribution in [2.75, 3.05) is 13.2 Å². The summed E-state index contributed by atoms with van der Waals surface area (Å²) < 4.78 is 7.63. The number of ether oxygens (including phenoxy) is 1. The minimum absolute atomic E-state index is 0.498. The van der Waals surface area contributed by atoms with E-state index in [1.54, 1.807) is 0 Å². The van der Waals surface area contributed by atoms with Gasteiger partial charge in [-0.3, -0.25) is 4.90 Å². The van der Waals surface area contributed by atoms with E-state index in [1.807, 2.05) is 19.3 Å². The van der Waals surface area contributed by atoms with Crippen LogP contribution in [-0.4, -0.2) is 27.6 Å². The Labute approximate surface area is 126 Å². The molecule has 1 aromatic heterocycles. The quantitative estimate of drug-likeness (QED) is 0.845. The number of likely N-dealkylation sites (tertiary alicyclic amines) is 1. The third-order valence-electron chi connectivity index (χ3n) is 4.21. The largest absolute Gasteiger partial charge is 0.494 e. The summed E-state index contributed by atoms with van der Waals surface area (Å²) in [7, 11) is 2.06. The van der Waals surface area contributed by atoms with Gasteiger partial charge in [-0.05, 0) is 44.0 Å². The molecule has 1 aliphatic rings. The van der Waals surface area contributed by atoms with Crippen molar-refractivity contribution in [3.05, 3.63) is 48.0 Å². The molecule has 1 aromatic carbocycles. The lowest BCUT2D eigenvalue weighted by Crippen LogP contribution is -2.24. The molecular formula is C17H23N3O. The molecule has 4 nitrogen and oxygen atoms in total. The van der Waals surface area contributed by atoms with Crippen molar-refractivity contribution in [2.24, 2.45) is 7.05 Å². The highest BCUT2D eigenvalue weighted by Gasteiger charge is 2.26. The lowest BCUT2D eigenvalue weighted by Gasteiger charge is -2.24. The fraction of sp³-hybridized carbons (Fsp3) is 0.471. The standard InChI is InChI=1S/C17H23N3O/c1-3-21-15-8-6-14(7-9-15)16-5-4-11-20(16)13-17-18-10-12-19(17)2/h6-10,12,16H,3-5,11,13H2,1-2H3. The molecule has 1 unspecified atom stereocenters. The van der Waals surface area contributed by atoms with Crippen LogP contribution in [0.3, 0.4) is 0 Å². The van der Waals surface area contributed by atoms with Gasteiger partial charge in [-0.15, -0.1) is 0 Å². The van der Waals surface area contributed by atoms with Gasteiger partial charge in [0.15, 0.2) is 0 Å². The van der Waals surface area contributed by atoms with Crippen LogP contribution in [0, 0.1) is 0 Å². The predicted molar refractivity (Wildman–Crippen MR) is 83.2 cm³/mol. The topological polar surface area (TPSA) is 30.3 Å². The monoisotopic (exact) mass is 285 g/mol. The molecule has 0 spiro atoms. The molecule has 112 valence electrons. The van der Waals surface area contributed by atoms with E-state index in [1.165, 1.54) is 18.4 Å². The van der Waals surface area contributed by atoms with Crippen LogP contribution in [0.1, 0.15) is 37.2 Å². The smallest absolute Gasteiger partial charge is 0.122 e. The molecule has 4 heteroatoms. The van der Waals surface area contributed by atoms with E-state index in [0.29, 0.717) is 12.6 Å². The van der Waals surface area contributed by atoms with Crippen LogP contribution >= 0.6 is 0 Å². The lowest BCUT2D eigenvalue weighted by atomic mass is 10.0. The van der Waals surface area contributed by atoms with Crippen LogP contribution in [0.5, 0.6) is 5.75 Å². The van der Waals surface area contributed by atoms with Crippen LogP contribution in [0.2, 0.25) is 0 Å². The fourth-order valence-corrected chi connectivity index (χ4v) is 3.08. The SMILES string of the molecule is CCOc1ccc(C2CCCN2Cc2nccn2C)cc1. The van der Waals surface area contributed by atoms with Gasteiger partial charge < -0.3 is 9.30 Å². The Bertz CT molecular complexity index is 576. The first-order chi connectivity index (χ1) is 10.3. The molecular weight excluding hydrogens is 262 g/mol. The molecule has 2 aromatic rings. The van der Waals surface area contributed by atoms with E-state index < -0.39 is 0 Å². The Morgan fingerprint density at radius 1 is 1.29 bits per heavy atom. The first kappa shape index (κ1) is 14.1. The van der Waals surface area contributed by atoms with Crippen molar-refractivity contribution in [1.29, 1.82) is 0 Å². The van der Waals surface area contributed by atoms with E-state index >= 15 is 0 Å². The lowest BCUT2D eigenvalue weighted by molar-refractivity contribution is 0.239. The summed E-state index contributed by atoms with van der Waals surface area (Å²) in [6, 6.07) is 9.06. The summed E-state index contributed by atoms with van der Waals surface area (Å²) in [6.07, 6.45) is 6.36. The van der Waals surface area contributed by atoms with Crippen molar-refractivity contribution < 1.29 is 4.74 Å². The summed E-state index contributed by atoms with van der Waals surface area (Å²) in [5, 5.41) is 0. The third-order valence-corrected chi connectivity index (χ3v) is 4.21. The van der Waals surface area contributed by atoms with Crippen LogP contribution in [0.4, 0.5) is 0 Å².